The molecule has 0 aliphatic heterocycles. The number of aliphatic imine (C=N–C) groups is 1. The van der Waals surface area contributed by atoms with Crippen molar-refractivity contribution in [3.8, 4) is 0 Å². The Balaban J connectivity index is 1.67. The quantitative estimate of drug-likeness (QED) is 0.637. The summed E-state index contributed by atoms with van der Waals surface area (Å²) in [6, 6.07) is 0. The lowest BCUT2D eigenvalue weighted by Gasteiger charge is -2.54. The van der Waals surface area contributed by atoms with E-state index in [1.54, 1.807) is 0 Å². The molecule has 0 spiro atoms. The van der Waals surface area contributed by atoms with Crippen molar-refractivity contribution in [2.45, 2.75) is 65.7 Å². The molecule has 122 valence electrons. The number of nitrogens with zero attached hydrogens (tertiary/aromatic N) is 1. The molecule has 4 aliphatic rings. The van der Waals surface area contributed by atoms with Gasteiger partial charge in [-0.1, -0.05) is 32.8 Å². The highest BCUT2D eigenvalue weighted by Gasteiger charge is 2.60. The second kappa shape index (κ2) is 5.21. The molecule has 3 saturated carbocycles. The SMILES string of the molecule is CCCC1C2C(CCC1(C)C)C1CC/C(=N\C)C=C1C1CC12. The van der Waals surface area contributed by atoms with Gasteiger partial charge in [0.1, 0.15) is 0 Å². The third kappa shape index (κ3) is 2.14. The van der Waals surface area contributed by atoms with Crippen LogP contribution in [-0.4, -0.2) is 12.8 Å². The minimum absolute atomic E-state index is 0.580. The van der Waals surface area contributed by atoms with Crippen molar-refractivity contribution in [1.82, 2.24) is 0 Å². The van der Waals surface area contributed by atoms with E-state index in [0.717, 1.165) is 35.5 Å². The van der Waals surface area contributed by atoms with Gasteiger partial charge in [0.25, 0.3) is 0 Å². The molecule has 0 bridgehead atoms. The first-order valence-corrected chi connectivity index (χ1v) is 9.74. The number of hydrogen-bond donors (Lipinski definition) is 0. The number of hydrogen-bond acceptors (Lipinski definition) is 1. The third-order valence-corrected chi connectivity index (χ3v) is 7.72. The number of fused-ring (bicyclic) bond motifs is 6. The predicted molar refractivity (Wildman–Crippen MR) is 94.2 cm³/mol. The molecule has 0 aromatic rings. The van der Waals surface area contributed by atoms with Gasteiger partial charge in [-0.25, -0.2) is 0 Å². The number of allylic oxidation sites excluding steroid dienone is 2. The second-order valence-electron chi connectivity index (χ2n) is 9.17. The maximum Gasteiger partial charge on any atom is 0.0344 e. The fourth-order valence-electron chi connectivity index (χ4n) is 6.60. The average Bonchev–Trinajstić information content (AvgIpc) is 3.30. The highest BCUT2D eigenvalue weighted by molar-refractivity contribution is 5.96. The van der Waals surface area contributed by atoms with Gasteiger partial charge in [-0.3, -0.25) is 4.99 Å². The van der Waals surface area contributed by atoms with Gasteiger partial charge >= 0.3 is 0 Å². The van der Waals surface area contributed by atoms with Crippen LogP contribution in [0, 0.1) is 40.9 Å². The van der Waals surface area contributed by atoms with E-state index >= 15 is 0 Å². The summed E-state index contributed by atoms with van der Waals surface area (Å²) in [5.41, 5.74) is 3.78. The zero-order valence-electron chi connectivity index (χ0n) is 14.9. The highest BCUT2D eigenvalue weighted by atomic mass is 14.7. The molecular weight excluding hydrogens is 266 g/mol. The smallest absolute Gasteiger partial charge is 0.0344 e. The van der Waals surface area contributed by atoms with Gasteiger partial charge < -0.3 is 0 Å². The molecule has 4 aliphatic carbocycles. The van der Waals surface area contributed by atoms with Crippen LogP contribution in [0.15, 0.2) is 16.6 Å². The Kier molecular flexibility index (Phi) is 3.55. The topological polar surface area (TPSA) is 12.4 Å². The molecule has 0 N–H and O–H groups in total. The van der Waals surface area contributed by atoms with Crippen LogP contribution >= 0.6 is 0 Å². The summed E-state index contributed by atoms with van der Waals surface area (Å²) in [5.74, 6) is 5.90. The maximum atomic E-state index is 4.50. The zero-order valence-corrected chi connectivity index (χ0v) is 14.9. The Morgan fingerprint density at radius 1 is 1.18 bits per heavy atom. The van der Waals surface area contributed by atoms with E-state index in [4.69, 9.17) is 0 Å². The first-order chi connectivity index (χ1) is 10.6. The van der Waals surface area contributed by atoms with E-state index in [2.05, 4.69) is 31.8 Å². The Labute approximate surface area is 136 Å². The van der Waals surface area contributed by atoms with Gasteiger partial charge in [0.05, 0.1) is 0 Å². The molecule has 4 rings (SSSR count). The van der Waals surface area contributed by atoms with Crippen molar-refractivity contribution in [3.05, 3.63) is 11.6 Å². The molecular formula is C21H33N. The Morgan fingerprint density at radius 2 is 2.00 bits per heavy atom. The molecule has 0 saturated heterocycles. The summed E-state index contributed by atoms with van der Waals surface area (Å²) < 4.78 is 0. The third-order valence-electron chi connectivity index (χ3n) is 7.72. The molecule has 1 heteroatoms. The molecule has 0 aromatic carbocycles. The molecule has 6 unspecified atom stereocenters. The largest absolute Gasteiger partial charge is 0.293 e. The summed E-state index contributed by atoms with van der Waals surface area (Å²) in [6.45, 7) is 7.52. The van der Waals surface area contributed by atoms with E-state index in [-0.39, 0.29) is 0 Å². The minimum Gasteiger partial charge on any atom is -0.293 e. The molecule has 1 nitrogen and oxygen atoms in total. The van der Waals surface area contributed by atoms with E-state index in [9.17, 15) is 0 Å². The Bertz CT molecular complexity index is 512. The fraction of sp³-hybridized carbons (Fsp3) is 0.857. The first-order valence-electron chi connectivity index (χ1n) is 9.74. The molecule has 3 fully saturated rings. The lowest BCUT2D eigenvalue weighted by atomic mass is 9.51. The molecule has 0 aromatic heterocycles. The molecule has 0 amide bonds. The maximum absolute atomic E-state index is 4.50. The van der Waals surface area contributed by atoms with Gasteiger partial charge in [0, 0.05) is 12.8 Å². The number of rotatable bonds is 2. The minimum atomic E-state index is 0.580. The fourth-order valence-corrected chi connectivity index (χ4v) is 6.60. The van der Waals surface area contributed by atoms with Crippen LogP contribution in [0.4, 0.5) is 0 Å². The lowest BCUT2D eigenvalue weighted by molar-refractivity contribution is -0.0228. The van der Waals surface area contributed by atoms with Crippen LogP contribution in [0.5, 0.6) is 0 Å². The van der Waals surface area contributed by atoms with Crippen molar-refractivity contribution >= 4 is 5.71 Å². The molecule has 0 heterocycles. The van der Waals surface area contributed by atoms with Crippen molar-refractivity contribution in [2.24, 2.45) is 45.9 Å². The van der Waals surface area contributed by atoms with E-state index in [1.807, 2.05) is 12.6 Å². The van der Waals surface area contributed by atoms with Gasteiger partial charge in [-0.2, -0.15) is 0 Å². The Hall–Kier alpha value is -0.590. The van der Waals surface area contributed by atoms with Crippen molar-refractivity contribution < 1.29 is 0 Å². The molecule has 0 radical (unpaired) electrons. The average molecular weight is 300 g/mol. The van der Waals surface area contributed by atoms with E-state index in [0.29, 0.717) is 5.41 Å². The highest BCUT2D eigenvalue weighted by Crippen LogP contribution is 2.68. The standard InChI is InChI=1S/C21H33N/c1-5-6-19-20-15(9-10-21(19,2)3)14-8-7-13(22-4)11-16(14)17-12-18(17)20/h11,14-15,17-20H,5-10,12H2,1-4H3/b22-13+. The normalized spacial score (nSPS) is 47.3. The van der Waals surface area contributed by atoms with Crippen LogP contribution in [0.3, 0.4) is 0 Å². The second-order valence-corrected chi connectivity index (χ2v) is 9.17. The lowest BCUT2D eigenvalue weighted by Crippen LogP contribution is -2.47. The van der Waals surface area contributed by atoms with Crippen LogP contribution in [-0.2, 0) is 0 Å². The van der Waals surface area contributed by atoms with Gasteiger partial charge in [0.2, 0.25) is 0 Å². The van der Waals surface area contributed by atoms with Gasteiger partial charge in [-0.15, -0.1) is 0 Å². The van der Waals surface area contributed by atoms with Crippen LogP contribution in [0.1, 0.15) is 65.7 Å². The van der Waals surface area contributed by atoms with Crippen molar-refractivity contribution in [1.29, 1.82) is 0 Å². The van der Waals surface area contributed by atoms with Crippen LogP contribution in [0.25, 0.3) is 0 Å². The zero-order chi connectivity index (χ0) is 15.5. The molecule has 22 heavy (non-hydrogen) atoms. The van der Waals surface area contributed by atoms with Gasteiger partial charge in [-0.05, 0) is 85.5 Å². The van der Waals surface area contributed by atoms with Crippen LogP contribution in [0.2, 0.25) is 0 Å². The van der Waals surface area contributed by atoms with E-state index < -0.39 is 0 Å². The van der Waals surface area contributed by atoms with Gasteiger partial charge in [0.15, 0.2) is 0 Å². The monoisotopic (exact) mass is 299 g/mol. The molecule has 6 atom stereocenters. The summed E-state index contributed by atoms with van der Waals surface area (Å²) in [4.78, 5) is 4.50. The predicted octanol–water partition coefficient (Wildman–Crippen LogP) is 5.51. The summed E-state index contributed by atoms with van der Waals surface area (Å²) >= 11 is 0. The summed E-state index contributed by atoms with van der Waals surface area (Å²) in [6.07, 6.45) is 12.4. The Morgan fingerprint density at radius 3 is 2.73 bits per heavy atom. The van der Waals surface area contributed by atoms with Crippen molar-refractivity contribution in [2.75, 3.05) is 7.05 Å². The summed E-state index contributed by atoms with van der Waals surface area (Å²) in [7, 11) is 1.98. The summed E-state index contributed by atoms with van der Waals surface area (Å²) in [5, 5.41) is 0. The van der Waals surface area contributed by atoms with Crippen molar-refractivity contribution in [3.63, 3.8) is 0 Å². The first kappa shape index (κ1) is 15.0. The van der Waals surface area contributed by atoms with Crippen LogP contribution < -0.4 is 0 Å². The van der Waals surface area contributed by atoms with E-state index in [1.165, 1.54) is 50.7 Å².